The Morgan fingerprint density at radius 3 is 2.71 bits per heavy atom. The zero-order valence-electron chi connectivity index (χ0n) is 16.2. The highest BCUT2D eigenvalue weighted by Gasteiger charge is 2.21. The minimum Gasteiger partial charge on any atom is -0.378 e. The van der Waals surface area contributed by atoms with Crippen molar-refractivity contribution in [2.45, 2.75) is 26.2 Å². The summed E-state index contributed by atoms with van der Waals surface area (Å²) < 4.78 is 5.30. The molecular formula is C20H26N4O3S. The van der Waals surface area contributed by atoms with Crippen LogP contribution in [0.3, 0.4) is 0 Å². The van der Waals surface area contributed by atoms with Crippen molar-refractivity contribution in [3.05, 3.63) is 45.9 Å². The zero-order valence-corrected chi connectivity index (χ0v) is 17.1. The molecule has 1 aliphatic rings. The number of nitrogens with zero attached hydrogens (tertiary/aromatic N) is 2. The Morgan fingerprint density at radius 1 is 1.25 bits per heavy atom. The molecule has 8 heteroatoms. The van der Waals surface area contributed by atoms with E-state index in [1.54, 1.807) is 40.5 Å². The van der Waals surface area contributed by atoms with Crippen molar-refractivity contribution >= 4 is 29.0 Å². The van der Waals surface area contributed by atoms with Gasteiger partial charge in [0.15, 0.2) is 0 Å². The number of urea groups is 1. The van der Waals surface area contributed by atoms with E-state index in [9.17, 15) is 9.59 Å². The summed E-state index contributed by atoms with van der Waals surface area (Å²) in [6, 6.07) is 6.74. The summed E-state index contributed by atoms with van der Waals surface area (Å²) in [5.74, 6) is 0.318. The molecule has 0 bridgehead atoms. The molecule has 150 valence electrons. The number of carbonyl (C=O) groups is 2. The van der Waals surface area contributed by atoms with Gasteiger partial charge in [0.2, 0.25) is 0 Å². The number of hydrogen-bond acceptors (Lipinski definition) is 5. The molecule has 1 saturated heterocycles. The van der Waals surface area contributed by atoms with Crippen molar-refractivity contribution in [3.63, 3.8) is 0 Å². The Balaban J connectivity index is 1.54. The molecule has 1 aromatic heterocycles. The van der Waals surface area contributed by atoms with Gasteiger partial charge in [0, 0.05) is 37.4 Å². The summed E-state index contributed by atoms with van der Waals surface area (Å²) in [5.41, 5.74) is 1.98. The molecule has 3 amide bonds. The average molecular weight is 403 g/mol. The van der Waals surface area contributed by atoms with Gasteiger partial charge in [-0.25, -0.2) is 9.78 Å². The first-order chi connectivity index (χ1) is 13.5. The number of morpholine rings is 1. The fraction of sp³-hybridized carbons (Fsp3) is 0.450. The fourth-order valence-electron chi connectivity index (χ4n) is 2.89. The molecular weight excluding hydrogens is 376 g/mol. The zero-order chi connectivity index (χ0) is 19.9. The number of benzene rings is 1. The van der Waals surface area contributed by atoms with Crippen LogP contribution in [0.25, 0.3) is 0 Å². The van der Waals surface area contributed by atoms with E-state index >= 15 is 0 Å². The number of para-hydroxylation sites is 1. The van der Waals surface area contributed by atoms with E-state index in [-0.39, 0.29) is 11.9 Å². The summed E-state index contributed by atoms with van der Waals surface area (Å²) in [7, 11) is 0. The van der Waals surface area contributed by atoms with Gasteiger partial charge in [-0.1, -0.05) is 26.0 Å². The fourth-order valence-corrected chi connectivity index (χ4v) is 3.76. The number of ether oxygens (including phenoxy) is 1. The average Bonchev–Trinajstić information content (AvgIpc) is 3.18. The van der Waals surface area contributed by atoms with Crippen LogP contribution >= 0.6 is 11.3 Å². The number of anilines is 1. The molecule has 1 fully saturated rings. The normalized spacial score (nSPS) is 14.2. The maximum absolute atomic E-state index is 12.7. The lowest BCUT2D eigenvalue weighted by Crippen LogP contribution is -2.41. The van der Waals surface area contributed by atoms with E-state index in [1.807, 2.05) is 5.38 Å². The van der Waals surface area contributed by atoms with Crippen LogP contribution in [-0.4, -0.2) is 54.7 Å². The van der Waals surface area contributed by atoms with Gasteiger partial charge in [-0.2, -0.15) is 0 Å². The van der Waals surface area contributed by atoms with Crippen LogP contribution in [-0.2, 0) is 11.2 Å². The molecule has 28 heavy (non-hydrogen) atoms. The topological polar surface area (TPSA) is 83.6 Å². The molecule has 0 saturated carbocycles. The Hall–Kier alpha value is -2.45. The lowest BCUT2D eigenvalue weighted by Gasteiger charge is -2.27. The van der Waals surface area contributed by atoms with Crippen molar-refractivity contribution in [1.82, 2.24) is 15.2 Å². The van der Waals surface area contributed by atoms with Gasteiger partial charge >= 0.3 is 6.03 Å². The first-order valence-corrected chi connectivity index (χ1v) is 10.4. The van der Waals surface area contributed by atoms with Crippen molar-refractivity contribution in [1.29, 1.82) is 0 Å². The van der Waals surface area contributed by atoms with Gasteiger partial charge in [0.05, 0.1) is 35.2 Å². The number of amides is 3. The van der Waals surface area contributed by atoms with Gasteiger partial charge in [0.1, 0.15) is 0 Å². The summed E-state index contributed by atoms with van der Waals surface area (Å²) in [4.78, 5) is 31.3. The van der Waals surface area contributed by atoms with Crippen LogP contribution < -0.4 is 10.6 Å². The Kier molecular flexibility index (Phi) is 7.00. The third-order valence-corrected chi connectivity index (χ3v) is 5.63. The van der Waals surface area contributed by atoms with Crippen molar-refractivity contribution in [2.75, 3.05) is 38.2 Å². The molecule has 0 atom stereocenters. The molecule has 0 spiro atoms. The van der Waals surface area contributed by atoms with Gasteiger partial charge in [0.25, 0.3) is 5.91 Å². The summed E-state index contributed by atoms with van der Waals surface area (Å²) in [5, 5.41) is 8.77. The highest BCUT2D eigenvalue weighted by atomic mass is 32.1. The molecule has 0 unspecified atom stereocenters. The molecule has 0 radical (unpaired) electrons. The highest BCUT2D eigenvalue weighted by Crippen LogP contribution is 2.20. The van der Waals surface area contributed by atoms with Crippen molar-refractivity contribution < 1.29 is 14.3 Å². The molecule has 3 rings (SSSR count). The third-order valence-electron chi connectivity index (χ3n) is 4.43. The monoisotopic (exact) mass is 402 g/mol. The van der Waals surface area contributed by atoms with Crippen LogP contribution in [0, 0.1) is 0 Å². The molecule has 0 aliphatic carbocycles. The van der Waals surface area contributed by atoms with Gasteiger partial charge in [-0.3, -0.25) is 4.79 Å². The van der Waals surface area contributed by atoms with E-state index < -0.39 is 0 Å². The third kappa shape index (κ3) is 5.30. The Bertz CT molecular complexity index is 815. The van der Waals surface area contributed by atoms with Gasteiger partial charge < -0.3 is 20.3 Å². The number of carbonyl (C=O) groups excluding carboxylic acids is 2. The van der Waals surface area contributed by atoms with E-state index in [0.717, 1.165) is 10.7 Å². The van der Waals surface area contributed by atoms with Gasteiger partial charge in [-0.15, -0.1) is 11.3 Å². The number of nitrogens with one attached hydrogen (secondary N) is 2. The van der Waals surface area contributed by atoms with E-state index in [0.29, 0.717) is 56.4 Å². The van der Waals surface area contributed by atoms with Crippen LogP contribution in [0.4, 0.5) is 10.5 Å². The lowest BCUT2D eigenvalue weighted by atomic mass is 10.1. The quantitative estimate of drug-likeness (QED) is 0.778. The smallest absolute Gasteiger partial charge is 0.319 e. The van der Waals surface area contributed by atoms with Crippen LogP contribution in [0.5, 0.6) is 0 Å². The number of rotatable bonds is 6. The predicted molar refractivity (Wildman–Crippen MR) is 110 cm³/mol. The van der Waals surface area contributed by atoms with Gasteiger partial charge in [-0.05, 0) is 12.1 Å². The largest absolute Gasteiger partial charge is 0.378 e. The lowest BCUT2D eigenvalue weighted by molar-refractivity contribution is 0.0303. The number of hydrogen-bond donors (Lipinski definition) is 2. The standard InChI is InChI=1S/C20H26N4O3S/c1-14(2)18-22-15(13-28-18)7-8-21-20(26)23-17-6-4-3-5-16(17)19(25)24-9-11-27-12-10-24/h3-6,13-14H,7-12H2,1-2H3,(H2,21,23,26). The minimum absolute atomic E-state index is 0.0945. The molecule has 1 aromatic carbocycles. The molecule has 1 aliphatic heterocycles. The van der Waals surface area contributed by atoms with Crippen molar-refractivity contribution in [3.8, 4) is 0 Å². The van der Waals surface area contributed by atoms with E-state index in [4.69, 9.17) is 4.74 Å². The number of thiazole rings is 1. The summed E-state index contributed by atoms with van der Waals surface area (Å²) in [6.45, 7) is 6.91. The second kappa shape index (κ2) is 9.66. The van der Waals surface area contributed by atoms with E-state index in [2.05, 4.69) is 29.5 Å². The molecule has 2 heterocycles. The molecule has 7 nitrogen and oxygen atoms in total. The van der Waals surface area contributed by atoms with Crippen LogP contribution in [0.2, 0.25) is 0 Å². The Labute approximate surface area is 169 Å². The summed E-state index contributed by atoms with van der Waals surface area (Å²) in [6.07, 6.45) is 0.672. The minimum atomic E-state index is -0.332. The molecule has 2 N–H and O–H groups in total. The predicted octanol–water partition coefficient (Wildman–Crippen LogP) is 3.10. The maximum Gasteiger partial charge on any atom is 0.319 e. The number of aromatic nitrogens is 1. The van der Waals surface area contributed by atoms with E-state index in [1.165, 1.54) is 0 Å². The highest BCUT2D eigenvalue weighted by molar-refractivity contribution is 7.09. The first kappa shape index (κ1) is 20.3. The maximum atomic E-state index is 12.7. The second-order valence-corrected chi connectivity index (χ2v) is 7.80. The van der Waals surface area contributed by atoms with Crippen molar-refractivity contribution in [2.24, 2.45) is 0 Å². The second-order valence-electron chi connectivity index (χ2n) is 6.91. The summed E-state index contributed by atoms with van der Waals surface area (Å²) >= 11 is 1.65. The van der Waals surface area contributed by atoms with Crippen LogP contribution in [0.15, 0.2) is 29.6 Å². The SMILES string of the molecule is CC(C)c1nc(CCNC(=O)Nc2ccccc2C(=O)N2CCOCC2)cs1. The Morgan fingerprint density at radius 2 is 2.00 bits per heavy atom. The molecule has 2 aromatic rings. The first-order valence-electron chi connectivity index (χ1n) is 9.50. The van der Waals surface area contributed by atoms with Crippen LogP contribution in [0.1, 0.15) is 40.8 Å².